The fourth-order valence-corrected chi connectivity index (χ4v) is 2.58. The van der Waals surface area contributed by atoms with Gasteiger partial charge in [-0.1, -0.05) is 0 Å². The first-order chi connectivity index (χ1) is 9.03. The van der Waals surface area contributed by atoms with Gasteiger partial charge in [-0.25, -0.2) is 13.1 Å². The average molecular weight is 345 g/mol. The van der Waals surface area contributed by atoms with E-state index in [1.54, 1.807) is 30.5 Å². The molecule has 7 heteroatoms. The minimum Gasteiger partial charge on any atom is -0.466 e. The van der Waals surface area contributed by atoms with Crippen LogP contribution >= 0.6 is 15.9 Å². The lowest BCUT2D eigenvalue weighted by Gasteiger charge is -2.06. The van der Waals surface area contributed by atoms with E-state index in [4.69, 9.17) is 4.42 Å². The molecule has 1 aromatic carbocycles. The maximum absolute atomic E-state index is 11.5. The van der Waals surface area contributed by atoms with Crippen molar-refractivity contribution >= 4 is 31.6 Å². The molecule has 0 saturated carbocycles. The SMILES string of the molecule is CNS(=O)(=O)c1ccc(NCc2occc2Br)cc1. The van der Waals surface area contributed by atoms with Gasteiger partial charge in [0.25, 0.3) is 0 Å². The Morgan fingerprint density at radius 1 is 1.21 bits per heavy atom. The van der Waals surface area contributed by atoms with Crippen molar-refractivity contribution in [3.05, 3.63) is 46.8 Å². The molecule has 0 aliphatic heterocycles. The minimum absolute atomic E-state index is 0.236. The van der Waals surface area contributed by atoms with Crippen LogP contribution < -0.4 is 10.0 Å². The van der Waals surface area contributed by atoms with Crippen LogP contribution in [0.2, 0.25) is 0 Å². The molecule has 2 rings (SSSR count). The van der Waals surface area contributed by atoms with E-state index in [2.05, 4.69) is 26.0 Å². The first-order valence-electron chi connectivity index (χ1n) is 5.52. The van der Waals surface area contributed by atoms with Crippen LogP contribution in [-0.4, -0.2) is 15.5 Å². The highest BCUT2D eigenvalue weighted by molar-refractivity contribution is 9.10. The third-order valence-corrected chi connectivity index (χ3v) is 4.71. The Balaban J connectivity index is 2.06. The molecule has 102 valence electrons. The highest BCUT2D eigenvalue weighted by atomic mass is 79.9. The summed E-state index contributed by atoms with van der Waals surface area (Å²) >= 11 is 3.37. The van der Waals surface area contributed by atoms with E-state index in [0.717, 1.165) is 15.9 Å². The molecule has 0 aliphatic carbocycles. The molecule has 0 radical (unpaired) electrons. The van der Waals surface area contributed by atoms with Gasteiger partial charge in [-0.15, -0.1) is 0 Å². The quantitative estimate of drug-likeness (QED) is 0.874. The standard InChI is InChI=1S/C12H13BrN2O3S/c1-14-19(16,17)10-4-2-9(3-5-10)15-8-12-11(13)6-7-18-12/h2-7,14-15H,8H2,1H3. The van der Waals surface area contributed by atoms with Crippen molar-refractivity contribution in [2.45, 2.75) is 11.4 Å². The summed E-state index contributed by atoms with van der Waals surface area (Å²) in [5, 5.41) is 3.15. The summed E-state index contributed by atoms with van der Waals surface area (Å²) in [6, 6.07) is 8.33. The van der Waals surface area contributed by atoms with E-state index in [-0.39, 0.29) is 4.90 Å². The van der Waals surface area contributed by atoms with Crippen molar-refractivity contribution in [2.24, 2.45) is 0 Å². The van der Waals surface area contributed by atoms with Crippen LogP contribution in [0.3, 0.4) is 0 Å². The second-order valence-electron chi connectivity index (χ2n) is 3.78. The zero-order chi connectivity index (χ0) is 13.9. The number of furan rings is 1. The van der Waals surface area contributed by atoms with E-state index >= 15 is 0 Å². The molecule has 2 aromatic rings. The fourth-order valence-electron chi connectivity index (χ4n) is 1.50. The van der Waals surface area contributed by atoms with Crippen LogP contribution in [0.4, 0.5) is 5.69 Å². The first kappa shape index (κ1) is 14.1. The number of halogens is 1. The number of sulfonamides is 1. The van der Waals surface area contributed by atoms with Crippen molar-refractivity contribution in [3.63, 3.8) is 0 Å². The average Bonchev–Trinajstić information content (AvgIpc) is 2.82. The zero-order valence-electron chi connectivity index (χ0n) is 10.2. The van der Waals surface area contributed by atoms with Gasteiger partial charge in [-0.3, -0.25) is 0 Å². The molecule has 0 saturated heterocycles. The van der Waals surface area contributed by atoms with Crippen molar-refractivity contribution < 1.29 is 12.8 Å². The topological polar surface area (TPSA) is 71.3 Å². The van der Waals surface area contributed by atoms with E-state index < -0.39 is 10.0 Å². The Labute approximate surface area is 120 Å². The van der Waals surface area contributed by atoms with E-state index in [9.17, 15) is 8.42 Å². The molecule has 0 bridgehead atoms. The maximum atomic E-state index is 11.5. The van der Waals surface area contributed by atoms with Gasteiger partial charge in [0.1, 0.15) is 5.76 Å². The van der Waals surface area contributed by atoms with Crippen LogP contribution in [-0.2, 0) is 16.6 Å². The molecular formula is C12H13BrN2O3S. The summed E-state index contributed by atoms with van der Waals surface area (Å²) in [5.41, 5.74) is 0.818. The van der Waals surface area contributed by atoms with Crippen molar-refractivity contribution in [3.8, 4) is 0 Å². The van der Waals surface area contributed by atoms with Gasteiger partial charge in [0, 0.05) is 5.69 Å². The predicted octanol–water partition coefficient (Wildman–Crippen LogP) is 2.56. The minimum atomic E-state index is -3.38. The lowest BCUT2D eigenvalue weighted by molar-refractivity contribution is 0.516. The Bertz CT molecular complexity index is 650. The van der Waals surface area contributed by atoms with Gasteiger partial charge >= 0.3 is 0 Å². The molecule has 0 amide bonds. The lowest BCUT2D eigenvalue weighted by Crippen LogP contribution is -2.18. The Kier molecular flexibility index (Phi) is 4.28. The van der Waals surface area contributed by atoms with Crippen molar-refractivity contribution in [1.29, 1.82) is 0 Å². The maximum Gasteiger partial charge on any atom is 0.240 e. The summed E-state index contributed by atoms with van der Waals surface area (Å²) in [7, 11) is -2.00. The monoisotopic (exact) mass is 344 g/mol. The van der Waals surface area contributed by atoms with E-state index in [1.165, 1.54) is 7.05 Å². The molecular weight excluding hydrogens is 332 g/mol. The first-order valence-corrected chi connectivity index (χ1v) is 7.80. The molecule has 1 aromatic heterocycles. The van der Waals surface area contributed by atoms with Gasteiger partial charge in [-0.2, -0.15) is 0 Å². The summed E-state index contributed by atoms with van der Waals surface area (Å²) in [4.78, 5) is 0.236. The van der Waals surface area contributed by atoms with Crippen molar-refractivity contribution in [1.82, 2.24) is 4.72 Å². The second kappa shape index (κ2) is 5.77. The number of hydrogen-bond acceptors (Lipinski definition) is 4. The van der Waals surface area contributed by atoms with Crippen LogP contribution in [0.15, 0.2) is 50.4 Å². The van der Waals surface area contributed by atoms with Gasteiger partial charge in [0.2, 0.25) is 10.0 Å². The molecule has 0 spiro atoms. The number of benzene rings is 1. The smallest absolute Gasteiger partial charge is 0.240 e. The predicted molar refractivity (Wildman–Crippen MR) is 76.4 cm³/mol. The van der Waals surface area contributed by atoms with Crippen molar-refractivity contribution in [2.75, 3.05) is 12.4 Å². The normalized spacial score (nSPS) is 11.5. The van der Waals surface area contributed by atoms with Crippen LogP contribution in [0.1, 0.15) is 5.76 Å². The summed E-state index contributed by atoms with van der Waals surface area (Å²) in [6.07, 6.45) is 1.60. The van der Waals surface area contributed by atoms with Gasteiger partial charge in [0.05, 0.1) is 22.2 Å². The summed E-state index contributed by atoms with van der Waals surface area (Å²) in [6.45, 7) is 0.520. The molecule has 0 fully saturated rings. The number of rotatable bonds is 5. The third-order valence-electron chi connectivity index (χ3n) is 2.58. The van der Waals surface area contributed by atoms with Gasteiger partial charge in [0.15, 0.2) is 0 Å². The van der Waals surface area contributed by atoms with Crippen LogP contribution in [0, 0.1) is 0 Å². The third kappa shape index (κ3) is 3.37. The van der Waals surface area contributed by atoms with E-state index in [0.29, 0.717) is 6.54 Å². The molecule has 19 heavy (non-hydrogen) atoms. The Morgan fingerprint density at radius 2 is 1.89 bits per heavy atom. The second-order valence-corrected chi connectivity index (χ2v) is 6.52. The zero-order valence-corrected chi connectivity index (χ0v) is 12.6. The largest absolute Gasteiger partial charge is 0.466 e. The molecule has 5 nitrogen and oxygen atoms in total. The van der Waals surface area contributed by atoms with Crippen LogP contribution in [0.25, 0.3) is 0 Å². The highest BCUT2D eigenvalue weighted by Gasteiger charge is 2.10. The van der Waals surface area contributed by atoms with E-state index in [1.807, 2.05) is 6.07 Å². The molecule has 0 atom stereocenters. The van der Waals surface area contributed by atoms with Gasteiger partial charge in [-0.05, 0) is 53.3 Å². The number of anilines is 1. The van der Waals surface area contributed by atoms with Crippen LogP contribution in [0.5, 0.6) is 0 Å². The number of nitrogens with one attached hydrogen (secondary N) is 2. The lowest BCUT2D eigenvalue weighted by atomic mass is 10.3. The van der Waals surface area contributed by atoms with Gasteiger partial charge < -0.3 is 9.73 Å². The molecule has 0 unspecified atom stereocenters. The summed E-state index contributed by atoms with van der Waals surface area (Å²) < 4.78 is 31.5. The molecule has 1 heterocycles. The Morgan fingerprint density at radius 3 is 2.42 bits per heavy atom. The summed E-state index contributed by atoms with van der Waals surface area (Å²) in [5.74, 6) is 0.784. The fraction of sp³-hybridized carbons (Fsp3) is 0.167. The molecule has 2 N–H and O–H groups in total. The number of hydrogen-bond donors (Lipinski definition) is 2. The highest BCUT2D eigenvalue weighted by Crippen LogP contribution is 2.19. The Hall–Kier alpha value is -1.31. The molecule has 0 aliphatic rings.